The number of nitrogens with one attached hydrogen (secondary N) is 1. The number of nitrogens with zero attached hydrogens (tertiary/aromatic N) is 2. The zero-order valence-electron chi connectivity index (χ0n) is 10.1. The number of nitrogens with two attached hydrogens (primary N) is 1. The Hall–Kier alpha value is -0.870. The minimum absolute atomic E-state index is 0.188. The summed E-state index contributed by atoms with van der Waals surface area (Å²) in [5.74, 6) is 6.12. The van der Waals surface area contributed by atoms with Crippen molar-refractivity contribution in [1.29, 1.82) is 0 Å². The van der Waals surface area contributed by atoms with Crippen molar-refractivity contribution in [1.82, 2.24) is 15.2 Å². The first-order valence-corrected chi connectivity index (χ1v) is 5.62. The Labute approximate surface area is 91.8 Å². The molecule has 1 aromatic heterocycles. The number of aryl methyl sites for hydroxylation is 2. The fourth-order valence-corrected chi connectivity index (χ4v) is 1.78. The Morgan fingerprint density at radius 1 is 1.53 bits per heavy atom. The van der Waals surface area contributed by atoms with E-state index in [-0.39, 0.29) is 6.04 Å². The highest BCUT2D eigenvalue weighted by Gasteiger charge is 2.20. The molecule has 0 aliphatic carbocycles. The van der Waals surface area contributed by atoms with Gasteiger partial charge in [0.2, 0.25) is 0 Å². The molecule has 1 aromatic rings. The number of hydrogen-bond acceptors (Lipinski definition) is 3. The van der Waals surface area contributed by atoms with E-state index in [2.05, 4.69) is 37.4 Å². The third-order valence-corrected chi connectivity index (χ3v) is 3.04. The van der Waals surface area contributed by atoms with Crippen LogP contribution in [0.2, 0.25) is 0 Å². The van der Waals surface area contributed by atoms with Gasteiger partial charge in [-0.2, -0.15) is 5.10 Å². The summed E-state index contributed by atoms with van der Waals surface area (Å²) in [4.78, 5) is 0. The van der Waals surface area contributed by atoms with Gasteiger partial charge in [-0.3, -0.25) is 16.0 Å². The van der Waals surface area contributed by atoms with Crippen molar-refractivity contribution in [2.75, 3.05) is 0 Å². The van der Waals surface area contributed by atoms with Crippen LogP contribution in [0, 0.1) is 5.92 Å². The number of hydrazine groups is 1. The summed E-state index contributed by atoms with van der Waals surface area (Å²) in [5.41, 5.74) is 5.18. The summed E-state index contributed by atoms with van der Waals surface area (Å²) in [5, 5.41) is 4.44. The Bertz CT molecular complexity index is 306. The quantitative estimate of drug-likeness (QED) is 0.572. The molecule has 0 bridgehead atoms. The highest BCUT2D eigenvalue weighted by molar-refractivity contribution is 5.14. The standard InChI is InChI=1S/C11H22N4/c1-5-8(3)11(13-12)10-7-9(6-2)14-15(10)4/h7-8,11,13H,5-6,12H2,1-4H3. The van der Waals surface area contributed by atoms with Crippen LogP contribution in [-0.2, 0) is 13.5 Å². The van der Waals surface area contributed by atoms with Gasteiger partial charge in [-0.05, 0) is 18.4 Å². The highest BCUT2D eigenvalue weighted by atomic mass is 15.3. The van der Waals surface area contributed by atoms with Gasteiger partial charge in [0.1, 0.15) is 0 Å². The van der Waals surface area contributed by atoms with Crippen molar-refractivity contribution < 1.29 is 0 Å². The molecular weight excluding hydrogens is 188 g/mol. The molecule has 4 nitrogen and oxygen atoms in total. The first-order chi connectivity index (χ1) is 7.13. The average molecular weight is 210 g/mol. The van der Waals surface area contributed by atoms with Crippen LogP contribution < -0.4 is 11.3 Å². The third-order valence-electron chi connectivity index (χ3n) is 3.04. The SMILES string of the molecule is CCc1cc(C(NN)C(C)CC)n(C)n1. The van der Waals surface area contributed by atoms with Crippen molar-refractivity contribution in [3.63, 3.8) is 0 Å². The first kappa shape index (κ1) is 12.2. The first-order valence-electron chi connectivity index (χ1n) is 5.62. The van der Waals surface area contributed by atoms with E-state index in [4.69, 9.17) is 5.84 Å². The lowest BCUT2D eigenvalue weighted by molar-refractivity contribution is 0.364. The van der Waals surface area contributed by atoms with Gasteiger partial charge in [0, 0.05) is 7.05 Å². The summed E-state index contributed by atoms with van der Waals surface area (Å²) < 4.78 is 1.93. The molecule has 0 aromatic carbocycles. The van der Waals surface area contributed by atoms with E-state index in [0.717, 1.165) is 18.5 Å². The minimum atomic E-state index is 0.188. The van der Waals surface area contributed by atoms with Crippen LogP contribution >= 0.6 is 0 Å². The summed E-state index contributed by atoms with van der Waals surface area (Å²) in [6, 6.07) is 2.32. The second-order valence-corrected chi connectivity index (χ2v) is 4.07. The smallest absolute Gasteiger partial charge is 0.0654 e. The third kappa shape index (κ3) is 2.58. The zero-order chi connectivity index (χ0) is 11.4. The van der Waals surface area contributed by atoms with Crippen LogP contribution in [0.4, 0.5) is 0 Å². The molecule has 0 saturated heterocycles. The van der Waals surface area contributed by atoms with Crippen LogP contribution in [-0.4, -0.2) is 9.78 Å². The van der Waals surface area contributed by atoms with Gasteiger partial charge in [-0.15, -0.1) is 0 Å². The minimum Gasteiger partial charge on any atom is -0.271 e. The van der Waals surface area contributed by atoms with E-state index in [1.165, 1.54) is 5.69 Å². The second-order valence-electron chi connectivity index (χ2n) is 4.07. The molecule has 1 heterocycles. The number of rotatable bonds is 5. The van der Waals surface area contributed by atoms with Crippen molar-refractivity contribution >= 4 is 0 Å². The summed E-state index contributed by atoms with van der Waals surface area (Å²) in [6.45, 7) is 6.48. The highest BCUT2D eigenvalue weighted by Crippen LogP contribution is 2.23. The Balaban J connectivity index is 2.95. The van der Waals surface area contributed by atoms with Crippen LogP contribution in [0.25, 0.3) is 0 Å². The molecule has 3 N–H and O–H groups in total. The molecule has 0 aliphatic rings. The Morgan fingerprint density at radius 3 is 2.60 bits per heavy atom. The molecule has 2 unspecified atom stereocenters. The monoisotopic (exact) mass is 210 g/mol. The van der Waals surface area contributed by atoms with Crippen LogP contribution in [0.1, 0.15) is 44.6 Å². The van der Waals surface area contributed by atoms with Crippen molar-refractivity contribution in [3.05, 3.63) is 17.5 Å². The van der Waals surface area contributed by atoms with Gasteiger partial charge in [-0.1, -0.05) is 27.2 Å². The van der Waals surface area contributed by atoms with Crippen molar-refractivity contribution in [2.45, 2.75) is 39.7 Å². The summed E-state index contributed by atoms with van der Waals surface area (Å²) >= 11 is 0. The molecule has 2 atom stereocenters. The van der Waals surface area contributed by atoms with Gasteiger partial charge in [0.15, 0.2) is 0 Å². The second kappa shape index (κ2) is 5.28. The number of hydrogen-bond donors (Lipinski definition) is 2. The van der Waals surface area contributed by atoms with E-state index in [0.29, 0.717) is 5.92 Å². The molecule has 0 fully saturated rings. The van der Waals surface area contributed by atoms with E-state index in [1.807, 2.05) is 11.7 Å². The van der Waals surface area contributed by atoms with Crippen LogP contribution in [0.5, 0.6) is 0 Å². The van der Waals surface area contributed by atoms with E-state index in [9.17, 15) is 0 Å². The van der Waals surface area contributed by atoms with Crippen molar-refractivity contribution in [3.8, 4) is 0 Å². The molecule has 4 heteroatoms. The maximum absolute atomic E-state index is 5.61. The van der Waals surface area contributed by atoms with E-state index >= 15 is 0 Å². The number of aromatic nitrogens is 2. The lowest BCUT2D eigenvalue weighted by Crippen LogP contribution is -2.33. The maximum Gasteiger partial charge on any atom is 0.0654 e. The molecule has 15 heavy (non-hydrogen) atoms. The topological polar surface area (TPSA) is 55.9 Å². The molecular formula is C11H22N4. The zero-order valence-corrected chi connectivity index (χ0v) is 10.1. The largest absolute Gasteiger partial charge is 0.271 e. The fourth-order valence-electron chi connectivity index (χ4n) is 1.78. The maximum atomic E-state index is 5.61. The van der Waals surface area contributed by atoms with Crippen LogP contribution in [0.3, 0.4) is 0 Å². The van der Waals surface area contributed by atoms with E-state index < -0.39 is 0 Å². The van der Waals surface area contributed by atoms with Gasteiger partial charge in [0.05, 0.1) is 17.4 Å². The van der Waals surface area contributed by atoms with E-state index in [1.54, 1.807) is 0 Å². The van der Waals surface area contributed by atoms with Crippen LogP contribution in [0.15, 0.2) is 6.07 Å². The predicted octanol–water partition coefficient (Wildman–Crippen LogP) is 1.53. The predicted molar refractivity (Wildman–Crippen MR) is 62.1 cm³/mol. The lowest BCUT2D eigenvalue weighted by Gasteiger charge is -2.21. The summed E-state index contributed by atoms with van der Waals surface area (Å²) in [7, 11) is 1.97. The fraction of sp³-hybridized carbons (Fsp3) is 0.727. The molecule has 86 valence electrons. The molecule has 0 amide bonds. The summed E-state index contributed by atoms with van der Waals surface area (Å²) in [6.07, 6.45) is 2.06. The Morgan fingerprint density at radius 2 is 2.20 bits per heavy atom. The lowest BCUT2D eigenvalue weighted by atomic mass is 9.96. The normalized spacial score (nSPS) is 15.3. The molecule has 0 saturated carbocycles. The Kier molecular flexibility index (Phi) is 4.29. The van der Waals surface area contributed by atoms with Gasteiger partial charge >= 0.3 is 0 Å². The average Bonchev–Trinajstić information content (AvgIpc) is 2.61. The molecule has 0 spiro atoms. The molecule has 1 rings (SSSR count). The van der Waals surface area contributed by atoms with Crippen molar-refractivity contribution in [2.24, 2.45) is 18.8 Å². The van der Waals surface area contributed by atoms with Gasteiger partial charge in [0.25, 0.3) is 0 Å². The molecule has 0 aliphatic heterocycles. The molecule has 0 radical (unpaired) electrons. The van der Waals surface area contributed by atoms with Gasteiger partial charge < -0.3 is 0 Å². The van der Waals surface area contributed by atoms with Gasteiger partial charge in [-0.25, -0.2) is 0 Å².